The highest BCUT2D eigenvalue weighted by atomic mass is 32.2. The van der Waals surface area contributed by atoms with Crippen molar-refractivity contribution in [2.45, 2.75) is 38.3 Å². The molecule has 7 nitrogen and oxygen atoms in total. The van der Waals surface area contributed by atoms with Gasteiger partial charge in [-0.05, 0) is 48.9 Å². The second-order valence-electron chi connectivity index (χ2n) is 8.27. The van der Waals surface area contributed by atoms with Gasteiger partial charge in [-0.2, -0.15) is 0 Å². The number of hydrogen-bond acceptors (Lipinski definition) is 7. The third kappa shape index (κ3) is 4.49. The minimum atomic E-state index is -0.644. The van der Waals surface area contributed by atoms with E-state index in [-0.39, 0.29) is 17.6 Å². The van der Waals surface area contributed by atoms with Crippen molar-refractivity contribution >= 4 is 39.4 Å². The topological polar surface area (TPSA) is 83.6 Å². The highest BCUT2D eigenvalue weighted by Gasteiger charge is 2.26. The molecule has 188 valence electrons. The number of ether oxygens (including phenoxy) is 2. The van der Waals surface area contributed by atoms with Gasteiger partial charge in [0.25, 0.3) is 0 Å². The summed E-state index contributed by atoms with van der Waals surface area (Å²) in [7, 11) is 0. The van der Waals surface area contributed by atoms with Crippen LogP contribution < -0.4 is 10.2 Å². The highest BCUT2D eigenvalue weighted by Crippen LogP contribution is 2.43. The smallest absolute Gasteiger partial charge is 0.343 e. The van der Waals surface area contributed by atoms with E-state index >= 15 is 0 Å². The molecule has 0 bridgehead atoms. The number of carbonyl (C=O) groups is 1. The number of aryl methyl sites for hydroxylation is 1. The predicted octanol–water partition coefficient (Wildman–Crippen LogP) is 7.04. The Bertz CT molecular complexity index is 1700. The van der Waals surface area contributed by atoms with Gasteiger partial charge in [-0.15, -0.1) is 11.8 Å². The van der Waals surface area contributed by atoms with Gasteiger partial charge in [-0.1, -0.05) is 43.3 Å². The lowest BCUT2D eigenvalue weighted by atomic mass is 10.1. The van der Waals surface area contributed by atoms with Crippen LogP contribution in [-0.4, -0.2) is 22.3 Å². The molecule has 3 heterocycles. The zero-order valence-electron chi connectivity index (χ0n) is 21.0. The number of rotatable bonds is 5. The average Bonchev–Trinajstić information content (AvgIpc) is 3.34. The fraction of sp³-hybridized carbons (Fsp3) is 0.207. The second kappa shape index (κ2) is 10.1. The molecule has 6 rings (SSSR count). The van der Waals surface area contributed by atoms with E-state index in [0.29, 0.717) is 28.2 Å². The molecule has 5 aromatic rings. The van der Waals surface area contributed by atoms with Gasteiger partial charge in [0.2, 0.25) is 5.43 Å². The Labute approximate surface area is 218 Å². The second-order valence-corrected chi connectivity index (χ2v) is 9.32. The zero-order valence-corrected chi connectivity index (χ0v) is 21.8. The number of carbonyl (C=O) groups excluding carboxylic acids is 1. The Morgan fingerprint density at radius 1 is 1.05 bits per heavy atom. The van der Waals surface area contributed by atoms with Gasteiger partial charge in [0.15, 0.2) is 11.5 Å². The van der Waals surface area contributed by atoms with E-state index in [1.54, 1.807) is 19.2 Å². The van der Waals surface area contributed by atoms with Crippen LogP contribution in [0.15, 0.2) is 75.0 Å². The van der Waals surface area contributed by atoms with Gasteiger partial charge >= 0.3 is 5.97 Å². The molecule has 0 radical (unpaired) electrons. The number of fused-ring (bicyclic) bond motifs is 3. The number of nitrogens with zero attached hydrogens (tertiary/aromatic N) is 2. The standard InChI is InChI=1S/C27H20N2O5S.C2H6/c1-3-32-27(31)21-13-29-22-9-16-6-4-5-7-17(16)10-23(22)33-24-12-19(11-20(25(24)29)26(21)30)35-14-18-8-15(2)34-28-18;1-2/h4-13H,3,14H2,1-2H3;1-2H3. The molecule has 2 aromatic heterocycles. The zero-order chi connectivity index (χ0) is 26.1. The van der Waals surface area contributed by atoms with Crippen LogP contribution in [0.25, 0.3) is 27.4 Å². The van der Waals surface area contributed by atoms with E-state index in [1.807, 2.05) is 73.9 Å². The normalized spacial score (nSPS) is 11.5. The van der Waals surface area contributed by atoms with Crippen LogP contribution >= 0.6 is 11.8 Å². The number of esters is 1. The van der Waals surface area contributed by atoms with Crippen LogP contribution in [0.5, 0.6) is 11.5 Å². The largest absolute Gasteiger partial charge is 0.462 e. The fourth-order valence-corrected chi connectivity index (χ4v) is 5.19. The molecule has 0 unspecified atom stereocenters. The van der Waals surface area contributed by atoms with Crippen molar-refractivity contribution in [3.05, 3.63) is 88.0 Å². The maximum atomic E-state index is 13.4. The minimum absolute atomic E-state index is 0.0133. The Hall–Kier alpha value is -4.04. The summed E-state index contributed by atoms with van der Waals surface area (Å²) in [4.78, 5) is 27.0. The molecule has 0 aliphatic carbocycles. The van der Waals surface area contributed by atoms with Crippen LogP contribution in [0.3, 0.4) is 0 Å². The van der Waals surface area contributed by atoms with Gasteiger partial charge in [0, 0.05) is 22.9 Å². The summed E-state index contributed by atoms with van der Waals surface area (Å²) < 4.78 is 18.5. The SMILES string of the molecule is CC.CCOC(=O)c1cn2c3c(cc(SCc4cc(C)on4)cc3c1=O)Oc1cc3ccccc3cc1-2. The summed E-state index contributed by atoms with van der Waals surface area (Å²) >= 11 is 1.51. The molecule has 0 saturated heterocycles. The van der Waals surface area contributed by atoms with Gasteiger partial charge in [-0.25, -0.2) is 4.79 Å². The van der Waals surface area contributed by atoms with E-state index in [2.05, 4.69) is 5.16 Å². The van der Waals surface area contributed by atoms with Gasteiger partial charge < -0.3 is 18.6 Å². The van der Waals surface area contributed by atoms with Crippen molar-refractivity contribution in [1.82, 2.24) is 9.72 Å². The molecule has 0 atom stereocenters. The first kappa shape index (κ1) is 24.6. The number of pyridine rings is 1. The first-order chi connectivity index (χ1) is 18.0. The minimum Gasteiger partial charge on any atom is -0.462 e. The molecule has 0 spiro atoms. The fourth-order valence-electron chi connectivity index (χ4n) is 4.35. The summed E-state index contributed by atoms with van der Waals surface area (Å²) in [6, 6.07) is 17.5. The van der Waals surface area contributed by atoms with Crippen molar-refractivity contribution in [1.29, 1.82) is 0 Å². The molecule has 0 fully saturated rings. The molecular formula is C29H26N2O5S. The van der Waals surface area contributed by atoms with Crippen LogP contribution in [0, 0.1) is 6.92 Å². The third-order valence-electron chi connectivity index (χ3n) is 5.90. The first-order valence-corrected chi connectivity index (χ1v) is 13.2. The Balaban J connectivity index is 0.00000137. The van der Waals surface area contributed by atoms with Crippen LogP contribution in [0.2, 0.25) is 0 Å². The summed E-state index contributed by atoms with van der Waals surface area (Å²) in [6.45, 7) is 7.74. The Morgan fingerprint density at radius 3 is 2.51 bits per heavy atom. The van der Waals surface area contributed by atoms with Crippen LogP contribution in [0.4, 0.5) is 0 Å². The quantitative estimate of drug-likeness (QED) is 0.180. The third-order valence-corrected chi connectivity index (χ3v) is 6.91. The van der Waals surface area contributed by atoms with E-state index in [4.69, 9.17) is 14.0 Å². The number of thioether (sulfide) groups is 1. The molecule has 0 N–H and O–H groups in total. The number of benzene rings is 3. The summed E-state index contributed by atoms with van der Waals surface area (Å²) in [5.41, 5.74) is 1.78. The summed E-state index contributed by atoms with van der Waals surface area (Å²) in [5, 5.41) is 6.49. The van der Waals surface area contributed by atoms with Crippen molar-refractivity contribution in [3.63, 3.8) is 0 Å². The van der Waals surface area contributed by atoms with Crippen LogP contribution in [-0.2, 0) is 10.5 Å². The van der Waals surface area contributed by atoms with E-state index in [9.17, 15) is 9.59 Å². The first-order valence-electron chi connectivity index (χ1n) is 12.2. The van der Waals surface area contributed by atoms with Gasteiger partial charge in [0.05, 0.1) is 23.4 Å². The van der Waals surface area contributed by atoms with Gasteiger partial charge in [0.1, 0.15) is 16.8 Å². The maximum absolute atomic E-state index is 13.4. The lowest BCUT2D eigenvalue weighted by molar-refractivity contribution is 0.0524. The molecule has 37 heavy (non-hydrogen) atoms. The van der Waals surface area contributed by atoms with E-state index in [1.165, 1.54) is 11.8 Å². The molecule has 1 aliphatic heterocycles. The van der Waals surface area contributed by atoms with E-state index in [0.717, 1.165) is 32.8 Å². The van der Waals surface area contributed by atoms with Crippen LogP contribution in [0.1, 0.15) is 42.6 Å². The lowest BCUT2D eigenvalue weighted by Crippen LogP contribution is -2.22. The van der Waals surface area contributed by atoms with Crippen molar-refractivity contribution < 1.29 is 18.8 Å². The molecule has 3 aromatic carbocycles. The Kier molecular flexibility index (Phi) is 6.76. The number of hydrogen-bond donors (Lipinski definition) is 0. The Morgan fingerprint density at radius 2 is 1.81 bits per heavy atom. The van der Waals surface area contributed by atoms with Gasteiger partial charge in [-0.3, -0.25) is 4.79 Å². The number of aromatic nitrogens is 2. The maximum Gasteiger partial charge on any atom is 0.343 e. The molecule has 8 heteroatoms. The molecule has 1 aliphatic rings. The molecular weight excluding hydrogens is 488 g/mol. The highest BCUT2D eigenvalue weighted by molar-refractivity contribution is 7.98. The van der Waals surface area contributed by atoms with E-state index < -0.39 is 5.97 Å². The summed E-state index contributed by atoms with van der Waals surface area (Å²) in [5.74, 6) is 1.86. The van der Waals surface area contributed by atoms with Crippen molar-refractivity contribution in [2.24, 2.45) is 0 Å². The predicted molar refractivity (Wildman–Crippen MR) is 145 cm³/mol. The van der Waals surface area contributed by atoms with Crippen molar-refractivity contribution in [2.75, 3.05) is 6.61 Å². The lowest BCUT2D eigenvalue weighted by Gasteiger charge is -2.25. The molecule has 0 saturated carbocycles. The average molecular weight is 515 g/mol. The summed E-state index contributed by atoms with van der Waals surface area (Å²) in [6.07, 6.45) is 1.56. The van der Waals surface area contributed by atoms with Crippen molar-refractivity contribution in [3.8, 4) is 17.2 Å². The monoisotopic (exact) mass is 514 g/mol. The molecule has 0 amide bonds.